The molecule has 47 heavy (non-hydrogen) atoms. The quantitative estimate of drug-likeness (QED) is 0.180. The average Bonchev–Trinajstić information content (AvgIpc) is 3.33. The van der Waals surface area contributed by atoms with Crippen LogP contribution in [-0.4, -0.2) is 85.8 Å². The van der Waals surface area contributed by atoms with E-state index < -0.39 is 67.0 Å². The van der Waals surface area contributed by atoms with Gasteiger partial charge in [-0.25, -0.2) is 0 Å². The second-order valence-corrected chi connectivity index (χ2v) is 10.4. The van der Waals surface area contributed by atoms with Crippen LogP contribution in [0.5, 0.6) is 11.5 Å². The van der Waals surface area contributed by atoms with Crippen LogP contribution in [0.3, 0.4) is 0 Å². The number of carbonyl (C=O) groups excluding carboxylic acids is 2. The molecule has 1 saturated heterocycles. The summed E-state index contributed by atoms with van der Waals surface area (Å²) in [6.45, 7) is -1.26. The number of halogens is 6. The standard InChI is InChI=1S/C31H30F6N2O8/c1-44-20-12-8-18(9-13-20)29(17-6-4-3-5-7-17,19-10-14-21(45-2)15-11-19)47-25-23(40)24(46-26(25)41)22(39-28(43)31(35,36)37)16-38-27(42)30(32,33)34/h3-15,22-26,40-41H,16H2,1-2H3,(H,38,42)(H,39,43)/t22-,23+,24-,25+,26+/m1/s1. The Bertz CT molecular complexity index is 1460. The van der Waals surface area contributed by atoms with Crippen LogP contribution in [0.1, 0.15) is 16.7 Å². The van der Waals surface area contributed by atoms with Gasteiger partial charge in [-0.3, -0.25) is 9.59 Å². The van der Waals surface area contributed by atoms with E-state index in [1.165, 1.54) is 24.9 Å². The smallest absolute Gasteiger partial charge is 0.471 e. The molecule has 4 rings (SSSR count). The van der Waals surface area contributed by atoms with Crippen molar-refractivity contribution in [1.29, 1.82) is 0 Å². The molecule has 16 heteroatoms. The van der Waals surface area contributed by atoms with Crippen LogP contribution in [0.2, 0.25) is 0 Å². The van der Waals surface area contributed by atoms with Gasteiger partial charge in [0.05, 0.1) is 20.3 Å². The molecule has 2 amide bonds. The Morgan fingerprint density at radius 1 is 0.766 bits per heavy atom. The summed E-state index contributed by atoms with van der Waals surface area (Å²) in [5.41, 5.74) is -0.369. The Morgan fingerprint density at radius 2 is 1.23 bits per heavy atom. The number of alkyl halides is 6. The number of aliphatic hydroxyl groups is 2. The van der Waals surface area contributed by atoms with E-state index in [-0.39, 0.29) is 0 Å². The SMILES string of the molecule is COc1ccc(C(O[C@H]2[C@@H](O)[C@@H]([C@@H](CNC(=O)C(F)(F)F)NC(=O)C(F)(F)F)O[C@@H]2O)(c2ccccc2)c2ccc(OC)cc2)cc1. The summed E-state index contributed by atoms with van der Waals surface area (Å²) >= 11 is 0. The van der Waals surface area contributed by atoms with E-state index in [0.717, 1.165) is 0 Å². The Balaban J connectivity index is 1.80. The lowest BCUT2D eigenvalue weighted by atomic mass is 9.79. The predicted molar refractivity (Wildman–Crippen MR) is 151 cm³/mol. The number of amides is 2. The summed E-state index contributed by atoms with van der Waals surface area (Å²) in [6.07, 6.45) is -18.8. The zero-order valence-electron chi connectivity index (χ0n) is 24.7. The summed E-state index contributed by atoms with van der Waals surface area (Å²) in [6, 6.07) is 19.4. The topological polar surface area (TPSA) is 136 Å². The molecule has 1 aliphatic heterocycles. The van der Waals surface area contributed by atoms with Crippen molar-refractivity contribution in [1.82, 2.24) is 10.6 Å². The summed E-state index contributed by atoms with van der Waals surface area (Å²) in [4.78, 5) is 23.3. The maximum atomic E-state index is 13.2. The fourth-order valence-corrected chi connectivity index (χ4v) is 5.17. The van der Waals surface area contributed by atoms with E-state index in [1.807, 2.05) is 0 Å². The summed E-state index contributed by atoms with van der Waals surface area (Å²) in [7, 11) is 2.90. The van der Waals surface area contributed by atoms with Gasteiger partial charge in [0.15, 0.2) is 6.29 Å². The number of methoxy groups -OCH3 is 2. The fourth-order valence-electron chi connectivity index (χ4n) is 5.17. The molecule has 254 valence electrons. The molecule has 0 unspecified atom stereocenters. The lowest BCUT2D eigenvalue weighted by Gasteiger charge is -2.39. The minimum absolute atomic E-state index is 0.428. The molecule has 0 radical (unpaired) electrons. The molecule has 3 aromatic rings. The van der Waals surface area contributed by atoms with Crippen molar-refractivity contribution < 1.29 is 65.1 Å². The Kier molecular flexibility index (Phi) is 10.7. The molecule has 0 aromatic heterocycles. The van der Waals surface area contributed by atoms with Crippen molar-refractivity contribution >= 4 is 11.8 Å². The van der Waals surface area contributed by atoms with Crippen molar-refractivity contribution in [2.24, 2.45) is 0 Å². The molecule has 0 aliphatic carbocycles. The lowest BCUT2D eigenvalue weighted by molar-refractivity contribution is -0.180. The molecule has 0 spiro atoms. The van der Waals surface area contributed by atoms with Gasteiger partial charge < -0.3 is 39.8 Å². The van der Waals surface area contributed by atoms with Gasteiger partial charge in [0, 0.05) is 6.54 Å². The molecule has 3 aromatic carbocycles. The highest BCUT2D eigenvalue weighted by atomic mass is 19.4. The number of nitrogens with one attached hydrogen (secondary N) is 2. The number of carbonyl (C=O) groups is 2. The van der Waals surface area contributed by atoms with E-state index in [4.69, 9.17) is 18.9 Å². The molecule has 0 bridgehead atoms. The Morgan fingerprint density at radius 3 is 1.68 bits per heavy atom. The minimum Gasteiger partial charge on any atom is -0.497 e. The first-order valence-electron chi connectivity index (χ1n) is 13.9. The van der Waals surface area contributed by atoms with E-state index >= 15 is 0 Å². The van der Waals surface area contributed by atoms with Gasteiger partial charge in [-0.2, -0.15) is 26.3 Å². The maximum Gasteiger partial charge on any atom is 0.471 e. The van der Waals surface area contributed by atoms with Gasteiger partial charge in [-0.15, -0.1) is 0 Å². The largest absolute Gasteiger partial charge is 0.497 e. The van der Waals surface area contributed by atoms with E-state index in [1.54, 1.807) is 78.9 Å². The lowest BCUT2D eigenvalue weighted by Crippen LogP contribution is -2.57. The van der Waals surface area contributed by atoms with Crippen molar-refractivity contribution in [3.8, 4) is 11.5 Å². The molecule has 1 fully saturated rings. The second-order valence-electron chi connectivity index (χ2n) is 10.4. The number of benzene rings is 3. The summed E-state index contributed by atoms with van der Waals surface area (Å²) < 4.78 is 100. The predicted octanol–water partition coefficient (Wildman–Crippen LogP) is 3.18. The minimum atomic E-state index is -5.49. The van der Waals surface area contributed by atoms with Gasteiger partial charge in [-0.05, 0) is 41.0 Å². The van der Waals surface area contributed by atoms with Crippen LogP contribution in [0.15, 0.2) is 78.9 Å². The van der Waals surface area contributed by atoms with Crippen LogP contribution in [0.25, 0.3) is 0 Å². The third-order valence-electron chi connectivity index (χ3n) is 7.45. The van der Waals surface area contributed by atoms with Crippen molar-refractivity contribution in [2.45, 2.75) is 48.6 Å². The molecule has 5 atom stereocenters. The first-order chi connectivity index (χ1) is 22.1. The van der Waals surface area contributed by atoms with E-state index in [2.05, 4.69) is 0 Å². The van der Waals surface area contributed by atoms with Gasteiger partial charge in [0.25, 0.3) is 0 Å². The number of hydrogen-bond acceptors (Lipinski definition) is 8. The molecule has 10 nitrogen and oxygen atoms in total. The highest BCUT2D eigenvalue weighted by molar-refractivity contribution is 5.83. The number of aliphatic hydroxyl groups excluding tert-OH is 2. The number of hydrogen-bond donors (Lipinski definition) is 4. The van der Waals surface area contributed by atoms with Gasteiger partial charge in [0.2, 0.25) is 0 Å². The number of ether oxygens (including phenoxy) is 4. The fraction of sp³-hybridized carbons (Fsp3) is 0.355. The third-order valence-corrected chi connectivity index (χ3v) is 7.45. The summed E-state index contributed by atoms with van der Waals surface area (Å²) in [5.74, 6) is -4.17. The molecule has 4 N–H and O–H groups in total. The second kappa shape index (κ2) is 14.2. The maximum absolute atomic E-state index is 13.2. The van der Waals surface area contributed by atoms with Gasteiger partial charge in [0.1, 0.15) is 35.4 Å². The van der Waals surface area contributed by atoms with E-state index in [0.29, 0.717) is 28.2 Å². The molecule has 0 saturated carbocycles. The van der Waals surface area contributed by atoms with E-state index in [9.17, 15) is 46.1 Å². The van der Waals surface area contributed by atoms with Gasteiger partial charge >= 0.3 is 24.2 Å². The van der Waals surface area contributed by atoms with Crippen LogP contribution in [0.4, 0.5) is 26.3 Å². The third kappa shape index (κ3) is 7.78. The zero-order valence-corrected chi connectivity index (χ0v) is 24.7. The number of rotatable bonds is 11. The van der Waals surface area contributed by atoms with Crippen LogP contribution in [0, 0.1) is 0 Å². The monoisotopic (exact) mass is 672 g/mol. The first-order valence-corrected chi connectivity index (χ1v) is 13.9. The van der Waals surface area contributed by atoms with Crippen molar-refractivity contribution in [3.05, 3.63) is 95.6 Å². The molecular formula is C31H30F6N2O8. The van der Waals surface area contributed by atoms with Crippen LogP contribution < -0.4 is 20.1 Å². The Labute approximate surface area is 264 Å². The Hall–Kier alpha value is -4.38. The van der Waals surface area contributed by atoms with Crippen molar-refractivity contribution in [3.63, 3.8) is 0 Å². The molecular weight excluding hydrogens is 642 g/mol. The van der Waals surface area contributed by atoms with Crippen LogP contribution in [-0.2, 0) is 24.7 Å². The average molecular weight is 673 g/mol. The van der Waals surface area contributed by atoms with Crippen LogP contribution >= 0.6 is 0 Å². The highest BCUT2D eigenvalue weighted by Gasteiger charge is 2.53. The highest BCUT2D eigenvalue weighted by Crippen LogP contribution is 2.44. The van der Waals surface area contributed by atoms with Crippen molar-refractivity contribution in [2.75, 3.05) is 20.8 Å². The first kappa shape index (κ1) is 35.5. The summed E-state index contributed by atoms with van der Waals surface area (Å²) in [5, 5.41) is 25.2. The molecule has 1 aliphatic rings. The normalized spacial score (nSPS) is 20.7. The van der Waals surface area contributed by atoms with Gasteiger partial charge in [-0.1, -0.05) is 54.6 Å². The molecule has 1 heterocycles. The zero-order chi connectivity index (χ0) is 34.6.